The van der Waals surface area contributed by atoms with E-state index in [0.29, 0.717) is 29.3 Å². The van der Waals surface area contributed by atoms with Crippen molar-refractivity contribution in [1.29, 1.82) is 0 Å². The van der Waals surface area contributed by atoms with Gasteiger partial charge in [0.1, 0.15) is 16.8 Å². The molecule has 0 fully saturated rings. The molecule has 1 amide bonds. The highest BCUT2D eigenvalue weighted by molar-refractivity contribution is 7.89. The molecule has 0 radical (unpaired) electrons. The second kappa shape index (κ2) is 10.2. The number of amides is 1. The summed E-state index contributed by atoms with van der Waals surface area (Å²) in [6, 6.07) is 12.3. The first kappa shape index (κ1) is 25.1. The van der Waals surface area contributed by atoms with E-state index in [9.17, 15) is 18.0 Å². The van der Waals surface area contributed by atoms with Crippen LogP contribution in [0.1, 0.15) is 27.3 Å². The predicted molar refractivity (Wildman–Crippen MR) is 128 cm³/mol. The van der Waals surface area contributed by atoms with E-state index in [1.165, 1.54) is 24.3 Å². The van der Waals surface area contributed by atoms with Crippen molar-refractivity contribution in [3.63, 3.8) is 0 Å². The lowest BCUT2D eigenvalue weighted by atomic mass is 10.1. The minimum atomic E-state index is -3.85. The lowest BCUT2D eigenvalue weighted by molar-refractivity contribution is -0.136. The fourth-order valence-electron chi connectivity index (χ4n) is 3.18. The number of aliphatic carboxylic acids is 1. The Labute approximate surface area is 201 Å². The highest BCUT2D eigenvalue weighted by Crippen LogP contribution is 2.25. The summed E-state index contributed by atoms with van der Waals surface area (Å²) in [6.45, 7) is 0. The highest BCUT2D eigenvalue weighted by atomic mass is 35.5. The number of carboxylic acid groups (broad SMARTS) is 1. The normalized spacial score (nSPS) is 11.2. The van der Waals surface area contributed by atoms with Crippen molar-refractivity contribution in [2.45, 2.75) is 17.7 Å². The molecule has 0 saturated heterocycles. The molecule has 0 atom stereocenters. The van der Waals surface area contributed by atoms with Gasteiger partial charge in [-0.15, -0.1) is 0 Å². The van der Waals surface area contributed by atoms with Gasteiger partial charge in [-0.25, -0.2) is 23.5 Å². The first-order chi connectivity index (χ1) is 15.9. The van der Waals surface area contributed by atoms with Crippen molar-refractivity contribution < 1.29 is 23.1 Å². The van der Waals surface area contributed by atoms with Crippen molar-refractivity contribution in [1.82, 2.24) is 9.97 Å². The topological polar surface area (TPSA) is 156 Å². The first-order valence-corrected chi connectivity index (χ1v) is 11.8. The molecule has 178 valence electrons. The maximum Gasteiger partial charge on any atom is 0.308 e. The quantitative estimate of drug-likeness (QED) is 0.395. The molecule has 0 aliphatic heterocycles. The second-order valence-corrected chi connectivity index (χ2v) is 9.52. The van der Waals surface area contributed by atoms with E-state index in [1.807, 2.05) is 6.07 Å². The van der Waals surface area contributed by atoms with Crippen LogP contribution in [-0.4, -0.2) is 49.5 Å². The van der Waals surface area contributed by atoms with Gasteiger partial charge in [0.15, 0.2) is 0 Å². The molecule has 1 heterocycles. The van der Waals surface area contributed by atoms with Gasteiger partial charge in [0.05, 0.1) is 11.3 Å². The molecule has 0 bridgehead atoms. The molecule has 0 spiro atoms. The van der Waals surface area contributed by atoms with E-state index in [1.54, 1.807) is 37.2 Å². The van der Waals surface area contributed by atoms with Gasteiger partial charge in [0.2, 0.25) is 10.0 Å². The Morgan fingerprint density at radius 1 is 1.12 bits per heavy atom. The van der Waals surface area contributed by atoms with Gasteiger partial charge in [0.25, 0.3) is 5.91 Å². The number of sulfonamides is 1. The number of aromatic nitrogens is 2. The Balaban J connectivity index is 1.79. The Hall–Kier alpha value is -3.54. The Bertz CT molecular complexity index is 1340. The number of nitrogens with two attached hydrogens (primary N) is 1. The number of rotatable bonds is 8. The third-order valence-corrected chi connectivity index (χ3v) is 5.97. The lowest BCUT2D eigenvalue weighted by Gasteiger charge is -2.17. The maximum atomic E-state index is 12.5. The molecule has 12 heteroatoms. The van der Waals surface area contributed by atoms with Gasteiger partial charge < -0.3 is 15.3 Å². The summed E-state index contributed by atoms with van der Waals surface area (Å²) >= 11 is 6.25. The number of carbonyl (C=O) groups is 2. The summed E-state index contributed by atoms with van der Waals surface area (Å²) in [4.78, 5) is 34.0. The number of hydrogen-bond donors (Lipinski definition) is 3. The summed E-state index contributed by atoms with van der Waals surface area (Å²) in [5.74, 6) is -0.649. The zero-order valence-corrected chi connectivity index (χ0v) is 19.9. The molecular weight excluding hydrogens is 482 g/mol. The van der Waals surface area contributed by atoms with Crippen LogP contribution in [0.25, 0.3) is 0 Å². The number of anilines is 2. The van der Waals surface area contributed by atoms with Crippen LogP contribution in [0.3, 0.4) is 0 Å². The summed E-state index contributed by atoms with van der Waals surface area (Å²) in [7, 11) is -0.374. The van der Waals surface area contributed by atoms with Gasteiger partial charge in [0, 0.05) is 37.3 Å². The van der Waals surface area contributed by atoms with E-state index < -0.39 is 21.9 Å². The van der Waals surface area contributed by atoms with Crippen molar-refractivity contribution in [3.05, 3.63) is 76.2 Å². The Morgan fingerprint density at radius 3 is 2.38 bits per heavy atom. The van der Waals surface area contributed by atoms with Gasteiger partial charge >= 0.3 is 5.97 Å². The number of benzene rings is 2. The van der Waals surface area contributed by atoms with Crippen molar-refractivity contribution >= 4 is 45.0 Å². The number of primary sulfonamides is 1. The van der Waals surface area contributed by atoms with Gasteiger partial charge in [-0.2, -0.15) is 0 Å². The van der Waals surface area contributed by atoms with E-state index in [0.717, 1.165) is 5.56 Å². The molecule has 1 aromatic heterocycles. The van der Waals surface area contributed by atoms with Crippen molar-refractivity contribution in [2.75, 3.05) is 24.3 Å². The predicted octanol–water partition coefficient (Wildman–Crippen LogP) is 2.31. The molecule has 2 aromatic carbocycles. The fourth-order valence-corrected chi connectivity index (χ4v) is 3.95. The molecule has 0 aliphatic rings. The summed E-state index contributed by atoms with van der Waals surface area (Å²) in [6.07, 6.45) is -0.00693. The number of hydrogen-bond acceptors (Lipinski definition) is 7. The number of nitrogens with zero attached hydrogens (tertiary/aromatic N) is 3. The molecule has 0 unspecified atom stereocenters. The van der Waals surface area contributed by atoms with Crippen LogP contribution in [-0.2, 0) is 27.7 Å². The molecule has 3 aromatic rings. The largest absolute Gasteiger partial charge is 0.481 e. The highest BCUT2D eigenvalue weighted by Gasteiger charge is 2.18. The standard InChI is InChI=1S/C22H22ClN5O5S/c1-28(2)21-17(12-19(29)30)20(23)26-18(27-21)11-13-4-3-5-15(10-13)25-22(31)14-6-8-16(9-7-14)34(24,32)33/h3-10H,11-12H2,1-2H3,(H,25,31)(H,29,30)(H2,24,32,33). The van der Waals surface area contributed by atoms with Crippen LogP contribution >= 0.6 is 11.6 Å². The molecule has 0 saturated carbocycles. The second-order valence-electron chi connectivity index (χ2n) is 7.60. The van der Waals surface area contributed by atoms with Crippen LogP contribution in [0, 0.1) is 0 Å². The third kappa shape index (κ3) is 6.28. The minimum absolute atomic E-state index is 0.0727. The minimum Gasteiger partial charge on any atom is -0.481 e. The average Bonchev–Trinajstić information content (AvgIpc) is 2.74. The monoisotopic (exact) mass is 503 g/mol. The van der Waals surface area contributed by atoms with Crippen LogP contribution in [0.5, 0.6) is 0 Å². The van der Waals surface area contributed by atoms with Gasteiger partial charge in [-0.3, -0.25) is 9.59 Å². The molecule has 0 aliphatic carbocycles. The smallest absolute Gasteiger partial charge is 0.308 e. The van der Waals surface area contributed by atoms with Crippen LogP contribution < -0.4 is 15.4 Å². The van der Waals surface area contributed by atoms with Crippen LogP contribution in [0.2, 0.25) is 5.15 Å². The van der Waals surface area contributed by atoms with Crippen LogP contribution in [0.15, 0.2) is 53.4 Å². The molecule has 3 rings (SSSR count). The van der Waals surface area contributed by atoms with Crippen molar-refractivity contribution in [3.8, 4) is 0 Å². The van der Waals surface area contributed by atoms with Crippen molar-refractivity contribution in [2.24, 2.45) is 5.14 Å². The maximum absolute atomic E-state index is 12.5. The molecule has 10 nitrogen and oxygen atoms in total. The zero-order valence-electron chi connectivity index (χ0n) is 18.3. The van der Waals surface area contributed by atoms with E-state index in [-0.39, 0.29) is 22.0 Å². The molecule has 34 heavy (non-hydrogen) atoms. The SMILES string of the molecule is CN(C)c1nc(Cc2cccc(NC(=O)c3ccc(S(N)(=O)=O)cc3)c2)nc(Cl)c1CC(=O)O. The van der Waals surface area contributed by atoms with Crippen LogP contribution in [0.4, 0.5) is 11.5 Å². The van der Waals surface area contributed by atoms with Gasteiger partial charge in [-0.1, -0.05) is 23.7 Å². The summed E-state index contributed by atoms with van der Waals surface area (Å²) < 4.78 is 22.7. The van der Waals surface area contributed by atoms with E-state index in [2.05, 4.69) is 15.3 Å². The first-order valence-electron chi connectivity index (χ1n) is 9.91. The number of halogens is 1. The summed E-state index contributed by atoms with van der Waals surface area (Å²) in [5.41, 5.74) is 1.89. The number of carboxylic acids is 1. The third-order valence-electron chi connectivity index (χ3n) is 4.72. The van der Waals surface area contributed by atoms with E-state index in [4.69, 9.17) is 21.8 Å². The molecular formula is C22H22ClN5O5S. The average molecular weight is 504 g/mol. The fraction of sp³-hybridized carbons (Fsp3) is 0.182. The lowest BCUT2D eigenvalue weighted by Crippen LogP contribution is -2.18. The Kier molecular flexibility index (Phi) is 7.50. The van der Waals surface area contributed by atoms with E-state index >= 15 is 0 Å². The Morgan fingerprint density at radius 2 is 1.79 bits per heavy atom. The number of nitrogens with one attached hydrogen (secondary N) is 1. The van der Waals surface area contributed by atoms with Gasteiger partial charge in [-0.05, 0) is 42.0 Å². The summed E-state index contributed by atoms with van der Waals surface area (Å²) in [5, 5.41) is 17.0. The number of carbonyl (C=O) groups excluding carboxylic acids is 1. The zero-order chi connectivity index (χ0) is 25.0. The molecule has 4 N–H and O–H groups in total.